The Labute approximate surface area is 180 Å². The first-order valence-corrected chi connectivity index (χ1v) is 10.2. The number of amidine groups is 2. The van der Waals surface area contributed by atoms with Crippen LogP contribution in [0.25, 0.3) is 11.1 Å². The molecule has 0 radical (unpaired) electrons. The third kappa shape index (κ3) is 3.13. The molecule has 0 spiro atoms. The van der Waals surface area contributed by atoms with Gasteiger partial charge >= 0.3 is 0 Å². The van der Waals surface area contributed by atoms with Crippen LogP contribution in [0.3, 0.4) is 0 Å². The van der Waals surface area contributed by atoms with E-state index in [2.05, 4.69) is 34.3 Å². The van der Waals surface area contributed by atoms with Gasteiger partial charge in [-0.2, -0.15) is 4.99 Å². The molecule has 3 aromatic rings. The molecule has 31 heavy (non-hydrogen) atoms. The number of aliphatic imine (C=N–C) groups is 3. The zero-order chi connectivity index (χ0) is 21.4. The molecule has 6 nitrogen and oxygen atoms in total. The van der Waals surface area contributed by atoms with Gasteiger partial charge in [-0.05, 0) is 40.7 Å². The fourth-order valence-electron chi connectivity index (χ4n) is 4.26. The van der Waals surface area contributed by atoms with Crippen LogP contribution >= 0.6 is 0 Å². The van der Waals surface area contributed by atoms with E-state index in [1.54, 1.807) is 0 Å². The molecule has 0 aromatic heterocycles. The Bertz CT molecular complexity index is 1250. The first-order valence-electron chi connectivity index (χ1n) is 10.2. The van der Waals surface area contributed by atoms with E-state index in [1.807, 2.05) is 54.6 Å². The van der Waals surface area contributed by atoms with Crippen molar-refractivity contribution in [2.24, 2.45) is 26.4 Å². The van der Waals surface area contributed by atoms with Crippen molar-refractivity contribution in [1.82, 2.24) is 0 Å². The molecule has 1 unspecified atom stereocenters. The number of aryl methyl sites for hydroxylation is 1. The van der Waals surface area contributed by atoms with Crippen LogP contribution in [-0.2, 0) is 12.0 Å². The summed E-state index contributed by atoms with van der Waals surface area (Å²) in [7, 11) is 0. The van der Waals surface area contributed by atoms with E-state index in [-0.39, 0.29) is 11.8 Å². The fourth-order valence-corrected chi connectivity index (χ4v) is 4.26. The fraction of sp³-hybridized carbons (Fsp3) is 0.120. The van der Waals surface area contributed by atoms with E-state index in [1.165, 1.54) is 5.56 Å². The lowest BCUT2D eigenvalue weighted by Crippen LogP contribution is -2.44. The Balaban J connectivity index is 1.58. The summed E-state index contributed by atoms with van der Waals surface area (Å²) < 4.78 is 0. The third-order valence-corrected chi connectivity index (χ3v) is 5.83. The highest BCUT2D eigenvalue weighted by Crippen LogP contribution is 2.35. The standard InChI is InChI=1S/C25H22N6/c26-22(27)25(19-13-10-17(11-14-19)16-6-2-1-3-7-16)23(30-24(28)31-25)29-21-15-12-18-8-4-5-9-20(18)21/h1-11,13-14H,12,15H2,(H3,26,27)(H2,28,31). The number of nitrogens with two attached hydrogens (primary N) is 2. The van der Waals surface area contributed by atoms with E-state index in [0.717, 1.165) is 40.8 Å². The molecule has 0 bridgehead atoms. The maximum atomic E-state index is 8.40. The van der Waals surface area contributed by atoms with Crippen molar-refractivity contribution in [2.45, 2.75) is 18.4 Å². The number of nitrogens with zero attached hydrogens (tertiary/aromatic N) is 3. The molecule has 1 aliphatic heterocycles. The number of benzene rings is 3. The summed E-state index contributed by atoms with van der Waals surface area (Å²) in [6.45, 7) is 0. The second-order valence-electron chi connectivity index (χ2n) is 7.69. The highest BCUT2D eigenvalue weighted by atomic mass is 15.2. The quantitative estimate of drug-likeness (QED) is 0.455. The number of hydrogen-bond acceptors (Lipinski definition) is 5. The van der Waals surface area contributed by atoms with Gasteiger partial charge in [-0.1, -0.05) is 78.9 Å². The van der Waals surface area contributed by atoms with Crippen molar-refractivity contribution < 1.29 is 0 Å². The molecule has 152 valence electrons. The first-order chi connectivity index (χ1) is 15.1. The van der Waals surface area contributed by atoms with Crippen LogP contribution in [0.4, 0.5) is 0 Å². The monoisotopic (exact) mass is 406 g/mol. The molecule has 5 N–H and O–H groups in total. The van der Waals surface area contributed by atoms with Gasteiger partial charge in [0, 0.05) is 0 Å². The largest absolute Gasteiger partial charge is 0.385 e. The Kier molecular flexibility index (Phi) is 4.47. The summed E-state index contributed by atoms with van der Waals surface area (Å²) in [4.78, 5) is 13.7. The van der Waals surface area contributed by atoms with Gasteiger partial charge in [-0.3, -0.25) is 5.41 Å². The Morgan fingerprint density at radius 1 is 0.871 bits per heavy atom. The summed E-state index contributed by atoms with van der Waals surface area (Å²) in [5, 5.41) is 8.40. The van der Waals surface area contributed by atoms with Gasteiger partial charge < -0.3 is 11.5 Å². The topological polar surface area (TPSA) is 113 Å². The molecule has 5 rings (SSSR count). The van der Waals surface area contributed by atoms with E-state index in [0.29, 0.717) is 5.84 Å². The maximum absolute atomic E-state index is 8.40. The molecule has 3 aromatic carbocycles. The van der Waals surface area contributed by atoms with Crippen molar-refractivity contribution >= 4 is 23.3 Å². The molecule has 0 fully saturated rings. The summed E-state index contributed by atoms with van der Waals surface area (Å²) in [6, 6.07) is 26.1. The van der Waals surface area contributed by atoms with Crippen LogP contribution in [0, 0.1) is 5.41 Å². The second-order valence-corrected chi connectivity index (χ2v) is 7.69. The third-order valence-electron chi connectivity index (χ3n) is 5.83. The van der Waals surface area contributed by atoms with Crippen LogP contribution < -0.4 is 11.5 Å². The molecule has 0 saturated carbocycles. The van der Waals surface area contributed by atoms with Gasteiger partial charge in [0.25, 0.3) is 0 Å². The Hall–Kier alpha value is -4.06. The lowest BCUT2D eigenvalue weighted by atomic mass is 9.87. The molecule has 0 amide bonds. The number of hydrogen-bond donors (Lipinski definition) is 3. The predicted molar refractivity (Wildman–Crippen MR) is 126 cm³/mol. The van der Waals surface area contributed by atoms with Gasteiger partial charge in [-0.25, -0.2) is 9.98 Å². The molecule has 0 saturated heterocycles. The smallest absolute Gasteiger partial charge is 0.219 e. The van der Waals surface area contributed by atoms with Gasteiger partial charge in [0.2, 0.25) is 11.5 Å². The van der Waals surface area contributed by atoms with Crippen LogP contribution in [-0.4, -0.2) is 23.3 Å². The van der Waals surface area contributed by atoms with Gasteiger partial charge in [0.05, 0.1) is 5.71 Å². The minimum Gasteiger partial charge on any atom is -0.385 e. The lowest BCUT2D eigenvalue weighted by Gasteiger charge is -2.25. The molecule has 1 heterocycles. The van der Waals surface area contributed by atoms with Crippen LogP contribution in [0.15, 0.2) is 93.8 Å². The van der Waals surface area contributed by atoms with Crippen molar-refractivity contribution in [3.63, 3.8) is 0 Å². The molecular weight excluding hydrogens is 384 g/mol. The number of guanidine groups is 1. The summed E-state index contributed by atoms with van der Waals surface area (Å²) >= 11 is 0. The first kappa shape index (κ1) is 18.9. The van der Waals surface area contributed by atoms with E-state index in [4.69, 9.17) is 21.9 Å². The Morgan fingerprint density at radius 3 is 2.29 bits per heavy atom. The Morgan fingerprint density at radius 2 is 1.55 bits per heavy atom. The molecule has 1 atom stereocenters. The number of rotatable bonds is 3. The molecular formula is C25H22N6. The summed E-state index contributed by atoms with van der Waals surface area (Å²) in [5.41, 5.74) is 17.0. The van der Waals surface area contributed by atoms with Gasteiger partial charge in [0.1, 0.15) is 5.84 Å². The summed E-state index contributed by atoms with van der Waals surface area (Å²) in [5.74, 6) is 0.263. The van der Waals surface area contributed by atoms with Crippen molar-refractivity contribution in [2.75, 3.05) is 0 Å². The van der Waals surface area contributed by atoms with E-state index >= 15 is 0 Å². The minimum atomic E-state index is -1.32. The number of fused-ring (bicyclic) bond motifs is 1. The second kappa shape index (κ2) is 7.32. The summed E-state index contributed by atoms with van der Waals surface area (Å²) in [6.07, 6.45) is 1.73. The zero-order valence-corrected chi connectivity index (χ0v) is 16.9. The maximum Gasteiger partial charge on any atom is 0.219 e. The van der Waals surface area contributed by atoms with E-state index < -0.39 is 5.54 Å². The minimum absolute atomic E-state index is 0.0768. The van der Waals surface area contributed by atoms with Crippen molar-refractivity contribution in [1.29, 1.82) is 5.41 Å². The molecule has 1 aliphatic carbocycles. The van der Waals surface area contributed by atoms with Crippen LogP contribution in [0.1, 0.15) is 23.1 Å². The van der Waals surface area contributed by atoms with Crippen molar-refractivity contribution in [3.05, 3.63) is 95.6 Å². The number of nitrogens with one attached hydrogen (secondary N) is 1. The SMILES string of the molecule is N=C(N)C1(c2ccc(-c3ccccc3)cc2)N=C(N)N=C1N=C1CCc2ccccc21. The van der Waals surface area contributed by atoms with Crippen LogP contribution in [0.2, 0.25) is 0 Å². The van der Waals surface area contributed by atoms with E-state index in [9.17, 15) is 0 Å². The lowest BCUT2D eigenvalue weighted by molar-refractivity contribution is 0.805. The van der Waals surface area contributed by atoms with Crippen LogP contribution in [0.5, 0.6) is 0 Å². The van der Waals surface area contributed by atoms with Gasteiger partial charge in [0.15, 0.2) is 5.84 Å². The normalized spacial score (nSPS) is 21.0. The predicted octanol–water partition coefficient (Wildman–Crippen LogP) is 3.65. The van der Waals surface area contributed by atoms with Crippen molar-refractivity contribution in [3.8, 4) is 11.1 Å². The van der Waals surface area contributed by atoms with Gasteiger partial charge in [-0.15, -0.1) is 0 Å². The molecule has 6 heteroatoms. The highest BCUT2D eigenvalue weighted by Gasteiger charge is 2.46. The highest BCUT2D eigenvalue weighted by molar-refractivity contribution is 6.24. The molecule has 2 aliphatic rings. The zero-order valence-electron chi connectivity index (χ0n) is 16.9. The average Bonchev–Trinajstić information content (AvgIpc) is 3.36. The average molecular weight is 406 g/mol.